The summed E-state index contributed by atoms with van der Waals surface area (Å²) in [6, 6.07) is 7.77. The summed E-state index contributed by atoms with van der Waals surface area (Å²) in [5.74, 6) is -1.40. The monoisotopic (exact) mass is 466 g/mol. The Morgan fingerprint density at radius 3 is 2.58 bits per heavy atom. The van der Waals surface area contributed by atoms with E-state index in [4.69, 9.17) is 4.84 Å². The van der Waals surface area contributed by atoms with Crippen LogP contribution in [-0.4, -0.2) is 60.9 Å². The van der Waals surface area contributed by atoms with Crippen LogP contribution in [-0.2, 0) is 24.6 Å². The lowest BCUT2D eigenvalue weighted by Gasteiger charge is -2.36. The number of aromatic nitrogens is 1. The number of likely N-dealkylation sites (tertiary alicyclic amines) is 1. The van der Waals surface area contributed by atoms with E-state index in [0.717, 1.165) is 16.4 Å². The predicted octanol–water partition coefficient (Wildman–Crippen LogP) is 0.196. The number of hydrogen-bond acceptors (Lipinski definition) is 9. The first-order chi connectivity index (χ1) is 14.7. The van der Waals surface area contributed by atoms with Gasteiger partial charge < -0.3 is 10.2 Å². The summed E-state index contributed by atoms with van der Waals surface area (Å²) in [6.45, 7) is 1.53. The molecule has 3 rings (SSSR count). The molecular weight excluding hydrogens is 448 g/mol. The Labute approximate surface area is 181 Å². The van der Waals surface area contributed by atoms with Gasteiger partial charge in [-0.05, 0) is 24.5 Å². The third kappa shape index (κ3) is 5.35. The van der Waals surface area contributed by atoms with Crippen molar-refractivity contribution in [3.8, 4) is 0 Å². The largest absolute Gasteiger partial charge is 0.398 e. The van der Waals surface area contributed by atoms with Crippen molar-refractivity contribution in [1.29, 1.82) is 0 Å². The lowest BCUT2D eigenvalue weighted by Crippen LogP contribution is -2.68. The van der Waals surface area contributed by atoms with Crippen LogP contribution in [0.25, 0.3) is 0 Å². The average Bonchev–Trinajstić information content (AvgIpc) is 3.12. The zero-order valence-electron chi connectivity index (χ0n) is 16.4. The molecule has 0 spiro atoms. The number of β-lactam (4-membered cyclic amide) rings is 1. The summed E-state index contributed by atoms with van der Waals surface area (Å²) < 4.78 is 31.7. The van der Waals surface area contributed by atoms with Crippen molar-refractivity contribution in [2.45, 2.75) is 13.0 Å². The molecule has 31 heavy (non-hydrogen) atoms. The molecule has 1 aliphatic heterocycles. The summed E-state index contributed by atoms with van der Waals surface area (Å²) in [4.78, 5) is 43.0. The fourth-order valence-corrected chi connectivity index (χ4v) is 3.94. The maximum Gasteiger partial charge on any atom is 0.339 e. The minimum absolute atomic E-state index is 0.0498. The highest BCUT2D eigenvalue weighted by molar-refractivity contribution is 7.91. The number of nitrogens with zero attached hydrogens (tertiary/aromatic N) is 3. The third-order valence-electron chi connectivity index (χ3n) is 4.01. The second-order valence-electron chi connectivity index (χ2n) is 6.30. The first kappa shape index (κ1) is 22.2. The van der Waals surface area contributed by atoms with E-state index in [-0.39, 0.29) is 18.1 Å². The Hall–Kier alpha value is -3.52. The molecule has 164 valence electrons. The van der Waals surface area contributed by atoms with Crippen molar-refractivity contribution in [3.05, 3.63) is 46.8 Å². The highest BCUT2D eigenvalue weighted by atomic mass is 32.2. The molecular formula is C17H18N6O6S2. The van der Waals surface area contributed by atoms with E-state index in [2.05, 4.69) is 19.6 Å². The summed E-state index contributed by atoms with van der Waals surface area (Å²) in [5.41, 5.74) is 0.418. The number of nitrogens with one attached hydrogen (secondary N) is 3. The van der Waals surface area contributed by atoms with E-state index in [1.807, 2.05) is 0 Å². The Kier molecular flexibility index (Phi) is 6.50. The molecule has 2 aromatic rings. The van der Waals surface area contributed by atoms with Crippen molar-refractivity contribution >= 4 is 51.1 Å². The first-order valence-electron chi connectivity index (χ1n) is 8.77. The predicted molar refractivity (Wildman–Crippen MR) is 112 cm³/mol. The summed E-state index contributed by atoms with van der Waals surface area (Å²) in [6.07, 6.45) is 0. The number of oxime groups is 1. The molecule has 1 aromatic carbocycles. The number of carbonyl (C=O) groups is 3. The van der Waals surface area contributed by atoms with Crippen LogP contribution in [0.3, 0.4) is 0 Å². The molecule has 14 heteroatoms. The van der Waals surface area contributed by atoms with Gasteiger partial charge in [-0.1, -0.05) is 35.5 Å². The first-order valence-corrected chi connectivity index (χ1v) is 11.0. The molecule has 2 heterocycles. The topological polar surface area (TPSA) is 159 Å². The van der Waals surface area contributed by atoms with E-state index in [1.165, 1.54) is 13.2 Å². The van der Waals surface area contributed by atoms with Gasteiger partial charge in [0.25, 0.3) is 11.8 Å². The lowest BCUT2D eigenvalue weighted by atomic mass is 10.1. The Morgan fingerprint density at radius 2 is 2.00 bits per heavy atom. The Bertz CT molecular complexity index is 1130. The number of carbonyl (C=O) groups excluding carboxylic acids is 3. The minimum atomic E-state index is -4.28. The van der Waals surface area contributed by atoms with E-state index < -0.39 is 34.1 Å². The Balaban J connectivity index is 1.57. The molecule has 0 bridgehead atoms. The molecule has 1 saturated heterocycles. The highest BCUT2D eigenvalue weighted by Gasteiger charge is 2.43. The van der Waals surface area contributed by atoms with Crippen LogP contribution < -0.4 is 14.8 Å². The zero-order valence-corrected chi connectivity index (χ0v) is 18.0. The van der Waals surface area contributed by atoms with Gasteiger partial charge in [0.15, 0.2) is 11.5 Å². The van der Waals surface area contributed by atoms with Crippen molar-refractivity contribution in [2.75, 3.05) is 18.4 Å². The molecule has 1 fully saturated rings. The van der Waals surface area contributed by atoms with E-state index >= 15 is 0 Å². The van der Waals surface area contributed by atoms with Crippen LogP contribution in [0, 0.1) is 6.92 Å². The zero-order chi connectivity index (χ0) is 22.6. The summed E-state index contributed by atoms with van der Waals surface area (Å²) in [7, 11) is -3.01. The van der Waals surface area contributed by atoms with Crippen molar-refractivity contribution in [1.82, 2.24) is 19.3 Å². The molecule has 12 nitrogen and oxygen atoms in total. The molecule has 1 atom stereocenters. The van der Waals surface area contributed by atoms with Crippen molar-refractivity contribution in [3.63, 3.8) is 0 Å². The van der Waals surface area contributed by atoms with E-state index in [1.54, 1.807) is 42.0 Å². The van der Waals surface area contributed by atoms with Gasteiger partial charge in [-0.25, -0.2) is 14.2 Å². The maximum atomic E-state index is 12.5. The quantitative estimate of drug-likeness (QED) is 0.298. The van der Waals surface area contributed by atoms with E-state index in [9.17, 15) is 22.8 Å². The Morgan fingerprint density at radius 1 is 1.29 bits per heavy atom. The molecule has 1 aliphatic rings. The molecule has 1 aromatic heterocycles. The van der Waals surface area contributed by atoms with Gasteiger partial charge in [0.2, 0.25) is 0 Å². The molecule has 3 N–H and O–H groups in total. The molecule has 4 amide bonds. The van der Waals surface area contributed by atoms with Crippen LogP contribution in [0.15, 0.2) is 41.6 Å². The normalized spacial score (nSPS) is 16.3. The second-order valence-corrected chi connectivity index (χ2v) is 8.72. The van der Waals surface area contributed by atoms with Crippen LogP contribution in [0.5, 0.6) is 0 Å². The fraction of sp³-hybridized carbons (Fsp3) is 0.235. The van der Waals surface area contributed by atoms with Gasteiger partial charge in [0.1, 0.15) is 13.2 Å². The number of urea groups is 1. The van der Waals surface area contributed by atoms with Gasteiger partial charge >= 0.3 is 16.2 Å². The SMILES string of the molecule is CON=C(C(=O)N[C@H]1CN(C(=O)NS(=O)(=O)Nc2cc(C)sn2)C1=O)c1ccccc1. The number of rotatable bonds is 7. The summed E-state index contributed by atoms with van der Waals surface area (Å²) in [5, 5.41) is 6.13. The number of aryl methyl sites for hydroxylation is 1. The van der Waals surface area contributed by atoms with Crippen LogP contribution in [0.4, 0.5) is 10.6 Å². The van der Waals surface area contributed by atoms with E-state index in [0.29, 0.717) is 10.5 Å². The van der Waals surface area contributed by atoms with Gasteiger partial charge in [-0.3, -0.25) is 14.5 Å². The van der Waals surface area contributed by atoms with Crippen LogP contribution >= 0.6 is 11.5 Å². The van der Waals surface area contributed by atoms with Crippen molar-refractivity contribution < 1.29 is 27.6 Å². The smallest absolute Gasteiger partial charge is 0.339 e. The molecule has 0 saturated carbocycles. The van der Waals surface area contributed by atoms with Crippen LogP contribution in [0.2, 0.25) is 0 Å². The van der Waals surface area contributed by atoms with Crippen molar-refractivity contribution in [2.24, 2.45) is 5.16 Å². The van der Waals surface area contributed by atoms with Gasteiger partial charge in [-0.15, -0.1) is 0 Å². The molecule has 0 aliphatic carbocycles. The fourth-order valence-electron chi connectivity index (χ4n) is 2.60. The van der Waals surface area contributed by atoms with Gasteiger partial charge in [-0.2, -0.15) is 12.8 Å². The third-order valence-corrected chi connectivity index (χ3v) is 5.63. The van der Waals surface area contributed by atoms with Gasteiger partial charge in [0, 0.05) is 10.4 Å². The number of anilines is 1. The highest BCUT2D eigenvalue weighted by Crippen LogP contribution is 2.15. The number of imide groups is 1. The number of benzene rings is 1. The average molecular weight is 467 g/mol. The number of amides is 4. The maximum absolute atomic E-state index is 12.5. The standard InChI is InChI=1S/C17H18N6O6S2/c1-10-8-13(20-30-10)21-31(27,28)22-17(26)23-9-12(16(23)25)18-15(24)14(19-29-2)11-6-4-3-5-7-11/h3-8,12H,9H2,1-2H3,(H,18,24)(H,20,21)(H,22,26)/t12-/m0/s1. The molecule has 0 radical (unpaired) electrons. The number of hydrogen-bond donors (Lipinski definition) is 3. The van der Waals surface area contributed by atoms with Gasteiger partial charge in [0.05, 0.1) is 6.54 Å². The molecule has 0 unspecified atom stereocenters. The second kappa shape index (κ2) is 9.09. The lowest BCUT2D eigenvalue weighted by molar-refractivity contribution is -0.141. The summed E-state index contributed by atoms with van der Waals surface area (Å²) >= 11 is 1.08. The minimum Gasteiger partial charge on any atom is -0.398 e. The van der Waals surface area contributed by atoms with Crippen LogP contribution in [0.1, 0.15) is 10.4 Å².